The molecule has 4 nitrogen and oxygen atoms in total. The van der Waals surface area contributed by atoms with Crippen LogP contribution in [0.5, 0.6) is 0 Å². The van der Waals surface area contributed by atoms with E-state index in [2.05, 4.69) is 5.32 Å². The molecule has 2 aromatic carbocycles. The molecule has 0 saturated carbocycles. The number of rotatable bonds is 7. The molecule has 132 valence electrons. The van der Waals surface area contributed by atoms with Gasteiger partial charge in [-0.3, -0.25) is 4.79 Å². The van der Waals surface area contributed by atoms with Gasteiger partial charge in [0, 0.05) is 11.4 Å². The molecule has 0 fully saturated rings. The smallest absolute Gasteiger partial charge is 0.340 e. The highest BCUT2D eigenvalue weighted by molar-refractivity contribution is 7.99. The Bertz CT molecular complexity index is 728. The van der Waals surface area contributed by atoms with Crippen LogP contribution in [0.25, 0.3) is 0 Å². The van der Waals surface area contributed by atoms with Gasteiger partial charge in [0.2, 0.25) is 0 Å². The SMILES string of the molecule is CCSc1ccccc1C(=O)O[C@@H](C)C(=O)NCc1ccc(C)cc1. The molecule has 0 aliphatic carbocycles. The Hall–Kier alpha value is -2.27. The minimum absolute atomic E-state index is 0.311. The molecule has 0 spiro atoms. The Morgan fingerprint density at radius 1 is 1.12 bits per heavy atom. The fraction of sp³-hybridized carbons (Fsp3) is 0.300. The van der Waals surface area contributed by atoms with E-state index in [4.69, 9.17) is 4.74 Å². The first-order valence-electron chi connectivity index (χ1n) is 8.27. The Morgan fingerprint density at radius 2 is 1.80 bits per heavy atom. The molecule has 5 heteroatoms. The van der Waals surface area contributed by atoms with Crippen molar-refractivity contribution in [2.24, 2.45) is 0 Å². The van der Waals surface area contributed by atoms with Crippen LogP contribution in [0.15, 0.2) is 53.4 Å². The van der Waals surface area contributed by atoms with Crippen LogP contribution >= 0.6 is 11.8 Å². The standard InChI is InChI=1S/C20H23NO3S/c1-4-25-18-8-6-5-7-17(18)20(23)24-15(3)19(22)21-13-16-11-9-14(2)10-12-16/h5-12,15H,4,13H2,1-3H3,(H,21,22)/t15-/m0/s1. The highest BCUT2D eigenvalue weighted by Gasteiger charge is 2.20. The molecule has 0 heterocycles. The zero-order chi connectivity index (χ0) is 18.2. The van der Waals surface area contributed by atoms with Gasteiger partial charge in [0.25, 0.3) is 5.91 Å². The van der Waals surface area contributed by atoms with E-state index in [9.17, 15) is 9.59 Å². The summed E-state index contributed by atoms with van der Waals surface area (Å²) in [5.41, 5.74) is 2.66. The Morgan fingerprint density at radius 3 is 2.48 bits per heavy atom. The number of carbonyl (C=O) groups excluding carboxylic acids is 2. The summed E-state index contributed by atoms with van der Waals surface area (Å²) in [7, 11) is 0. The molecule has 1 amide bonds. The zero-order valence-electron chi connectivity index (χ0n) is 14.7. The second kappa shape index (κ2) is 9.28. The molecule has 0 aromatic heterocycles. The van der Waals surface area contributed by atoms with E-state index in [0.717, 1.165) is 16.2 Å². The number of carbonyl (C=O) groups is 2. The molecule has 0 bridgehead atoms. The van der Waals surface area contributed by atoms with Gasteiger partial charge in [-0.05, 0) is 37.3 Å². The molecule has 0 saturated heterocycles. The number of ether oxygens (including phenoxy) is 1. The van der Waals surface area contributed by atoms with E-state index >= 15 is 0 Å². The van der Waals surface area contributed by atoms with Crippen LogP contribution in [-0.4, -0.2) is 23.7 Å². The van der Waals surface area contributed by atoms with Gasteiger partial charge in [-0.25, -0.2) is 4.79 Å². The second-order valence-corrected chi connectivity index (χ2v) is 6.99. The number of aryl methyl sites for hydroxylation is 1. The maximum atomic E-state index is 12.4. The van der Waals surface area contributed by atoms with Crippen LogP contribution in [0.3, 0.4) is 0 Å². The lowest BCUT2D eigenvalue weighted by molar-refractivity contribution is -0.129. The molecule has 25 heavy (non-hydrogen) atoms. The molecule has 1 atom stereocenters. The molecule has 0 unspecified atom stereocenters. The fourth-order valence-corrected chi connectivity index (χ4v) is 3.03. The number of amides is 1. The van der Waals surface area contributed by atoms with Gasteiger partial charge in [-0.1, -0.05) is 48.9 Å². The minimum Gasteiger partial charge on any atom is -0.449 e. The maximum Gasteiger partial charge on any atom is 0.340 e. The van der Waals surface area contributed by atoms with Crippen LogP contribution in [0.4, 0.5) is 0 Å². The largest absolute Gasteiger partial charge is 0.449 e. The summed E-state index contributed by atoms with van der Waals surface area (Å²) in [6, 6.07) is 15.2. The van der Waals surface area contributed by atoms with Crippen LogP contribution in [0, 0.1) is 6.92 Å². The van der Waals surface area contributed by atoms with Gasteiger partial charge in [-0.15, -0.1) is 11.8 Å². The quantitative estimate of drug-likeness (QED) is 0.602. The highest BCUT2D eigenvalue weighted by atomic mass is 32.2. The first-order valence-corrected chi connectivity index (χ1v) is 9.26. The van der Waals surface area contributed by atoms with Gasteiger partial charge in [-0.2, -0.15) is 0 Å². The monoisotopic (exact) mass is 357 g/mol. The number of benzene rings is 2. The predicted octanol–water partition coefficient (Wildman–Crippen LogP) is 3.97. The fourth-order valence-electron chi connectivity index (χ4n) is 2.23. The molecule has 2 rings (SSSR count). The lowest BCUT2D eigenvalue weighted by Gasteiger charge is -2.15. The normalized spacial score (nSPS) is 11.6. The Labute approximate surface area is 153 Å². The van der Waals surface area contributed by atoms with E-state index < -0.39 is 12.1 Å². The molecule has 2 aromatic rings. The average molecular weight is 357 g/mol. The van der Waals surface area contributed by atoms with Crippen molar-refractivity contribution in [2.75, 3.05) is 5.75 Å². The van der Waals surface area contributed by atoms with Gasteiger partial charge < -0.3 is 10.1 Å². The van der Waals surface area contributed by atoms with E-state index in [1.807, 2.05) is 50.2 Å². The van der Waals surface area contributed by atoms with Gasteiger partial charge in [0.1, 0.15) is 0 Å². The van der Waals surface area contributed by atoms with E-state index in [1.54, 1.807) is 30.8 Å². The van der Waals surface area contributed by atoms with Gasteiger partial charge in [0.05, 0.1) is 5.56 Å². The number of hydrogen-bond donors (Lipinski definition) is 1. The summed E-state index contributed by atoms with van der Waals surface area (Å²) in [6.45, 7) is 6.02. The molecular formula is C20H23NO3S. The summed E-state index contributed by atoms with van der Waals surface area (Å²) in [5.74, 6) is 0.0701. The topological polar surface area (TPSA) is 55.4 Å². The van der Waals surface area contributed by atoms with Crippen LogP contribution in [-0.2, 0) is 16.1 Å². The Kier molecular flexibility index (Phi) is 7.07. The average Bonchev–Trinajstić information content (AvgIpc) is 2.61. The van der Waals surface area contributed by atoms with E-state index in [0.29, 0.717) is 12.1 Å². The summed E-state index contributed by atoms with van der Waals surface area (Å²) in [4.78, 5) is 25.4. The number of thioether (sulfide) groups is 1. The van der Waals surface area contributed by atoms with Crippen LogP contribution < -0.4 is 5.32 Å². The molecular weight excluding hydrogens is 334 g/mol. The van der Waals surface area contributed by atoms with E-state index in [1.165, 1.54) is 5.56 Å². The molecule has 0 aliphatic heterocycles. The van der Waals surface area contributed by atoms with Crippen molar-refractivity contribution >= 4 is 23.6 Å². The first-order chi connectivity index (χ1) is 12.0. The molecule has 0 aliphatic rings. The lowest BCUT2D eigenvalue weighted by Crippen LogP contribution is -2.35. The lowest BCUT2D eigenvalue weighted by atomic mass is 10.1. The molecule has 1 N–H and O–H groups in total. The summed E-state index contributed by atoms with van der Waals surface area (Å²) in [5, 5.41) is 2.79. The highest BCUT2D eigenvalue weighted by Crippen LogP contribution is 2.23. The number of esters is 1. The third-order valence-electron chi connectivity index (χ3n) is 3.65. The zero-order valence-corrected chi connectivity index (χ0v) is 15.6. The summed E-state index contributed by atoms with van der Waals surface area (Å²) < 4.78 is 5.33. The predicted molar refractivity (Wildman–Crippen MR) is 101 cm³/mol. The summed E-state index contributed by atoms with van der Waals surface area (Å²) >= 11 is 1.57. The number of nitrogens with one attached hydrogen (secondary N) is 1. The van der Waals surface area contributed by atoms with Crippen molar-refractivity contribution in [3.8, 4) is 0 Å². The third-order valence-corrected chi connectivity index (χ3v) is 4.60. The van der Waals surface area contributed by atoms with Crippen molar-refractivity contribution in [3.63, 3.8) is 0 Å². The van der Waals surface area contributed by atoms with Crippen LogP contribution in [0.1, 0.15) is 35.3 Å². The van der Waals surface area contributed by atoms with Gasteiger partial charge >= 0.3 is 5.97 Å². The maximum absolute atomic E-state index is 12.4. The first kappa shape index (κ1) is 19.1. The van der Waals surface area contributed by atoms with Crippen molar-refractivity contribution in [2.45, 2.75) is 38.3 Å². The number of hydrogen-bond acceptors (Lipinski definition) is 4. The minimum atomic E-state index is -0.849. The molecule has 0 radical (unpaired) electrons. The van der Waals surface area contributed by atoms with Crippen LogP contribution in [0.2, 0.25) is 0 Å². The van der Waals surface area contributed by atoms with Crippen molar-refractivity contribution in [1.82, 2.24) is 5.32 Å². The van der Waals surface area contributed by atoms with E-state index in [-0.39, 0.29) is 5.91 Å². The van der Waals surface area contributed by atoms with Crippen molar-refractivity contribution < 1.29 is 14.3 Å². The van der Waals surface area contributed by atoms with Gasteiger partial charge in [0.15, 0.2) is 6.10 Å². The van der Waals surface area contributed by atoms with Crippen molar-refractivity contribution in [1.29, 1.82) is 0 Å². The Balaban J connectivity index is 1.92. The third kappa shape index (κ3) is 5.64. The second-order valence-electron chi connectivity index (χ2n) is 5.68. The van der Waals surface area contributed by atoms with Crippen molar-refractivity contribution in [3.05, 3.63) is 65.2 Å². The summed E-state index contributed by atoms with van der Waals surface area (Å²) in [6.07, 6.45) is -0.849.